The van der Waals surface area contributed by atoms with E-state index in [4.69, 9.17) is 0 Å². The molecule has 13 heavy (non-hydrogen) atoms. The van der Waals surface area contributed by atoms with E-state index in [1.165, 1.54) is 23.3 Å². The largest absolute Gasteiger partial charge is 0.130 e. The predicted octanol–water partition coefficient (Wildman–Crippen LogP) is 4.22. The first kappa shape index (κ1) is 10.4. The van der Waals surface area contributed by atoms with Gasteiger partial charge in [0.25, 0.3) is 0 Å². The van der Waals surface area contributed by atoms with Gasteiger partial charge in [0.15, 0.2) is 0 Å². The topological polar surface area (TPSA) is 0 Å². The Morgan fingerprint density at radius 2 is 1.92 bits per heavy atom. The summed E-state index contributed by atoms with van der Waals surface area (Å²) in [6.07, 6.45) is 8.91. The van der Waals surface area contributed by atoms with Gasteiger partial charge in [-0.05, 0) is 30.4 Å². The highest BCUT2D eigenvalue weighted by molar-refractivity contribution is 7.98. The van der Waals surface area contributed by atoms with Crippen molar-refractivity contribution in [3.8, 4) is 0 Å². The molecule has 1 rings (SSSR count). The van der Waals surface area contributed by atoms with Crippen LogP contribution in [0.2, 0.25) is 0 Å². The highest BCUT2D eigenvalue weighted by Gasteiger charge is 1.88. The highest BCUT2D eigenvalue weighted by Crippen LogP contribution is 2.15. The van der Waals surface area contributed by atoms with Crippen molar-refractivity contribution >= 4 is 17.8 Å². The molecule has 0 aliphatic heterocycles. The van der Waals surface area contributed by atoms with Gasteiger partial charge in [0.1, 0.15) is 0 Å². The number of hydrogen-bond donors (Lipinski definition) is 0. The number of hydrogen-bond acceptors (Lipinski definition) is 1. The summed E-state index contributed by atoms with van der Waals surface area (Å²) < 4.78 is 0. The average Bonchev–Trinajstić information content (AvgIpc) is 2.19. The minimum absolute atomic E-state index is 1.17. The molecule has 0 bridgehead atoms. The minimum Gasteiger partial charge on any atom is -0.130 e. The van der Waals surface area contributed by atoms with Crippen LogP contribution in [0.25, 0.3) is 6.08 Å². The summed E-state index contributed by atoms with van der Waals surface area (Å²) in [4.78, 5) is 1.33. The van der Waals surface area contributed by atoms with Crippen LogP contribution in [0.4, 0.5) is 0 Å². The second-order valence-electron chi connectivity index (χ2n) is 2.96. The molecule has 70 valence electrons. The molecule has 0 saturated carbocycles. The van der Waals surface area contributed by atoms with Gasteiger partial charge < -0.3 is 0 Å². The molecule has 1 heteroatoms. The fraction of sp³-hybridized carbons (Fsp3) is 0.333. The fourth-order valence-electron chi connectivity index (χ4n) is 1.10. The third-order valence-electron chi connectivity index (χ3n) is 1.88. The van der Waals surface area contributed by atoms with E-state index in [1.807, 2.05) is 0 Å². The molecule has 0 aliphatic rings. The Bertz CT molecular complexity index is 259. The quantitative estimate of drug-likeness (QED) is 0.644. The van der Waals surface area contributed by atoms with Gasteiger partial charge in [-0.15, -0.1) is 11.8 Å². The lowest BCUT2D eigenvalue weighted by atomic mass is 10.2. The Kier molecular flexibility index (Phi) is 4.69. The van der Waals surface area contributed by atoms with Crippen LogP contribution in [-0.4, -0.2) is 6.26 Å². The zero-order chi connectivity index (χ0) is 9.52. The van der Waals surface area contributed by atoms with Crippen LogP contribution in [-0.2, 0) is 0 Å². The molecule has 0 nitrogen and oxygen atoms in total. The van der Waals surface area contributed by atoms with Gasteiger partial charge in [-0.3, -0.25) is 0 Å². The summed E-state index contributed by atoms with van der Waals surface area (Å²) >= 11 is 1.78. The summed E-state index contributed by atoms with van der Waals surface area (Å²) in [6, 6.07) is 8.66. The van der Waals surface area contributed by atoms with Gasteiger partial charge in [0.2, 0.25) is 0 Å². The van der Waals surface area contributed by atoms with Crippen molar-refractivity contribution in [2.45, 2.75) is 24.7 Å². The zero-order valence-corrected chi connectivity index (χ0v) is 9.10. The van der Waals surface area contributed by atoms with E-state index in [1.54, 1.807) is 11.8 Å². The molecular formula is C12H16S. The van der Waals surface area contributed by atoms with Crippen LogP contribution >= 0.6 is 11.8 Å². The van der Waals surface area contributed by atoms with Crippen molar-refractivity contribution < 1.29 is 0 Å². The van der Waals surface area contributed by atoms with E-state index in [0.717, 1.165) is 0 Å². The average molecular weight is 192 g/mol. The first-order valence-corrected chi connectivity index (χ1v) is 5.90. The minimum atomic E-state index is 1.17. The van der Waals surface area contributed by atoms with Crippen molar-refractivity contribution in [2.24, 2.45) is 0 Å². The molecule has 0 atom stereocenters. The van der Waals surface area contributed by atoms with Gasteiger partial charge >= 0.3 is 0 Å². The van der Waals surface area contributed by atoms with E-state index >= 15 is 0 Å². The molecule has 1 aromatic rings. The van der Waals surface area contributed by atoms with Crippen molar-refractivity contribution in [1.82, 2.24) is 0 Å². The molecule has 0 amide bonds. The molecule has 0 saturated heterocycles. The number of thioether (sulfide) groups is 1. The maximum absolute atomic E-state index is 2.23. The van der Waals surface area contributed by atoms with E-state index in [-0.39, 0.29) is 0 Å². The monoisotopic (exact) mass is 192 g/mol. The van der Waals surface area contributed by atoms with E-state index in [2.05, 4.69) is 49.6 Å². The van der Waals surface area contributed by atoms with Gasteiger partial charge in [-0.25, -0.2) is 0 Å². The lowest BCUT2D eigenvalue weighted by molar-refractivity contribution is 0.962. The smallest absolute Gasteiger partial charge is 0.00695 e. The van der Waals surface area contributed by atoms with Crippen LogP contribution < -0.4 is 0 Å². The molecule has 0 spiro atoms. The molecule has 0 heterocycles. The Labute approximate surface area is 85.1 Å². The van der Waals surface area contributed by atoms with Crippen LogP contribution in [0, 0.1) is 0 Å². The second-order valence-corrected chi connectivity index (χ2v) is 3.84. The summed E-state index contributed by atoms with van der Waals surface area (Å²) in [5, 5.41) is 0. The molecule has 0 N–H and O–H groups in total. The number of allylic oxidation sites excluding steroid dienone is 1. The third kappa shape index (κ3) is 3.69. The first-order chi connectivity index (χ1) is 6.36. The summed E-state index contributed by atoms with van der Waals surface area (Å²) in [5.41, 5.74) is 1.30. The lowest BCUT2D eigenvalue weighted by Gasteiger charge is -1.96. The van der Waals surface area contributed by atoms with Crippen molar-refractivity contribution in [2.75, 3.05) is 6.26 Å². The fourth-order valence-corrected chi connectivity index (χ4v) is 1.51. The molecule has 0 aliphatic carbocycles. The summed E-state index contributed by atoms with van der Waals surface area (Å²) in [5.74, 6) is 0. The molecule has 0 unspecified atom stereocenters. The van der Waals surface area contributed by atoms with E-state index in [9.17, 15) is 0 Å². The van der Waals surface area contributed by atoms with Crippen molar-refractivity contribution in [3.05, 3.63) is 35.9 Å². The molecule has 0 fully saturated rings. The SMILES string of the molecule is CCCC=Cc1ccc(SC)cc1. The lowest BCUT2D eigenvalue weighted by Crippen LogP contribution is -1.72. The van der Waals surface area contributed by atoms with Crippen molar-refractivity contribution in [1.29, 1.82) is 0 Å². The third-order valence-corrected chi connectivity index (χ3v) is 2.63. The highest BCUT2D eigenvalue weighted by atomic mass is 32.2. The van der Waals surface area contributed by atoms with Gasteiger partial charge in [0.05, 0.1) is 0 Å². The standard InChI is InChI=1S/C12H16S/c1-3-4-5-6-11-7-9-12(13-2)10-8-11/h5-10H,3-4H2,1-2H3. The number of benzene rings is 1. The molecular weight excluding hydrogens is 176 g/mol. The Morgan fingerprint density at radius 3 is 2.46 bits per heavy atom. The van der Waals surface area contributed by atoms with Gasteiger partial charge in [-0.2, -0.15) is 0 Å². The van der Waals surface area contributed by atoms with Crippen LogP contribution in [0.5, 0.6) is 0 Å². The Morgan fingerprint density at radius 1 is 1.23 bits per heavy atom. The van der Waals surface area contributed by atoms with Gasteiger partial charge in [-0.1, -0.05) is 37.6 Å². The first-order valence-electron chi connectivity index (χ1n) is 4.67. The maximum atomic E-state index is 2.23. The van der Waals surface area contributed by atoms with Gasteiger partial charge in [0, 0.05) is 4.90 Å². The van der Waals surface area contributed by atoms with E-state index in [0.29, 0.717) is 0 Å². The van der Waals surface area contributed by atoms with E-state index < -0.39 is 0 Å². The van der Waals surface area contributed by atoms with Crippen LogP contribution in [0.1, 0.15) is 25.3 Å². The molecule has 0 radical (unpaired) electrons. The zero-order valence-electron chi connectivity index (χ0n) is 8.29. The maximum Gasteiger partial charge on any atom is 0.00695 e. The summed E-state index contributed by atoms with van der Waals surface area (Å²) in [7, 11) is 0. The predicted molar refractivity (Wildman–Crippen MR) is 62.2 cm³/mol. The molecule has 1 aromatic carbocycles. The Balaban J connectivity index is 2.58. The number of rotatable bonds is 4. The van der Waals surface area contributed by atoms with Crippen molar-refractivity contribution in [3.63, 3.8) is 0 Å². The second kappa shape index (κ2) is 5.87. The number of unbranched alkanes of at least 4 members (excludes halogenated alkanes) is 1. The normalized spacial score (nSPS) is 10.9. The Hall–Kier alpha value is -0.690. The van der Waals surface area contributed by atoms with Crippen LogP contribution in [0.15, 0.2) is 35.2 Å². The van der Waals surface area contributed by atoms with Crippen LogP contribution in [0.3, 0.4) is 0 Å². The summed E-state index contributed by atoms with van der Waals surface area (Å²) in [6.45, 7) is 2.20. The molecule has 0 aromatic heterocycles.